The van der Waals surface area contributed by atoms with E-state index in [1.807, 2.05) is 6.07 Å². The molecule has 0 unspecified atom stereocenters. The van der Waals surface area contributed by atoms with E-state index in [4.69, 9.17) is 5.73 Å². The Hall–Kier alpha value is -0.570. The molecular formula is C9H13BrN2. The second-order valence-corrected chi connectivity index (χ2v) is 3.71. The van der Waals surface area contributed by atoms with Gasteiger partial charge in [-0.1, -0.05) is 13.3 Å². The van der Waals surface area contributed by atoms with Crippen LogP contribution in [0.3, 0.4) is 0 Å². The van der Waals surface area contributed by atoms with Gasteiger partial charge in [0.25, 0.3) is 0 Å². The van der Waals surface area contributed by atoms with Gasteiger partial charge in [0, 0.05) is 10.7 Å². The maximum atomic E-state index is 5.77. The molecule has 0 fully saturated rings. The third-order valence-corrected chi connectivity index (χ3v) is 2.17. The van der Waals surface area contributed by atoms with Crippen molar-refractivity contribution < 1.29 is 0 Å². The van der Waals surface area contributed by atoms with Crippen molar-refractivity contribution in [2.24, 2.45) is 0 Å². The fourth-order valence-corrected chi connectivity index (χ4v) is 1.39. The minimum absolute atomic E-state index is 0.790. The Morgan fingerprint density at radius 2 is 2.33 bits per heavy atom. The zero-order valence-corrected chi connectivity index (χ0v) is 8.76. The number of nitrogens with zero attached hydrogens (tertiary/aromatic N) is 1. The number of unbranched alkanes of at least 4 members (excludes halogenated alkanes) is 1. The lowest BCUT2D eigenvalue weighted by Crippen LogP contribution is -1.97. The van der Waals surface area contributed by atoms with Crippen LogP contribution in [0, 0.1) is 0 Å². The van der Waals surface area contributed by atoms with Gasteiger partial charge in [0.2, 0.25) is 0 Å². The normalized spacial score (nSPS) is 10.2. The molecule has 0 aliphatic rings. The average molecular weight is 229 g/mol. The number of nitrogens with two attached hydrogens (primary N) is 1. The van der Waals surface area contributed by atoms with E-state index >= 15 is 0 Å². The number of pyridine rings is 1. The van der Waals surface area contributed by atoms with Gasteiger partial charge in [-0.2, -0.15) is 0 Å². The first-order valence-corrected chi connectivity index (χ1v) is 4.93. The Bertz CT molecular complexity index is 261. The first-order chi connectivity index (χ1) is 5.74. The minimum Gasteiger partial charge on any atom is -0.397 e. The SMILES string of the molecule is CCCCc1ncc(Br)cc1N. The van der Waals surface area contributed by atoms with Gasteiger partial charge in [-0.3, -0.25) is 4.98 Å². The summed E-state index contributed by atoms with van der Waals surface area (Å²) in [6.07, 6.45) is 5.10. The second-order valence-electron chi connectivity index (χ2n) is 2.79. The van der Waals surface area contributed by atoms with E-state index in [2.05, 4.69) is 27.8 Å². The van der Waals surface area contributed by atoms with Gasteiger partial charge >= 0.3 is 0 Å². The first-order valence-electron chi connectivity index (χ1n) is 4.14. The monoisotopic (exact) mass is 228 g/mol. The molecule has 0 spiro atoms. The molecule has 2 nitrogen and oxygen atoms in total. The number of rotatable bonds is 3. The number of hydrogen-bond donors (Lipinski definition) is 1. The van der Waals surface area contributed by atoms with Crippen molar-refractivity contribution in [2.45, 2.75) is 26.2 Å². The molecule has 0 radical (unpaired) electrons. The number of halogens is 1. The van der Waals surface area contributed by atoms with Gasteiger partial charge in [-0.15, -0.1) is 0 Å². The summed E-state index contributed by atoms with van der Waals surface area (Å²) in [5, 5.41) is 0. The predicted molar refractivity (Wildman–Crippen MR) is 55.0 cm³/mol. The fraction of sp³-hybridized carbons (Fsp3) is 0.444. The van der Waals surface area contributed by atoms with Crippen LogP contribution < -0.4 is 5.73 Å². The Balaban J connectivity index is 2.72. The molecule has 1 aromatic rings. The second kappa shape index (κ2) is 4.45. The smallest absolute Gasteiger partial charge is 0.0633 e. The van der Waals surface area contributed by atoms with Crippen molar-refractivity contribution in [3.8, 4) is 0 Å². The first kappa shape index (κ1) is 9.52. The summed E-state index contributed by atoms with van der Waals surface area (Å²) in [4.78, 5) is 4.24. The van der Waals surface area contributed by atoms with Crippen LogP contribution in [0.4, 0.5) is 5.69 Å². The summed E-state index contributed by atoms with van der Waals surface area (Å²) in [7, 11) is 0. The summed E-state index contributed by atoms with van der Waals surface area (Å²) in [6.45, 7) is 2.16. The quantitative estimate of drug-likeness (QED) is 0.865. The molecule has 2 N–H and O–H groups in total. The van der Waals surface area contributed by atoms with Gasteiger partial charge < -0.3 is 5.73 Å². The van der Waals surface area contributed by atoms with Crippen LogP contribution >= 0.6 is 15.9 Å². The van der Waals surface area contributed by atoms with E-state index < -0.39 is 0 Å². The third kappa shape index (κ3) is 2.48. The predicted octanol–water partition coefficient (Wildman–Crippen LogP) is 2.77. The molecular weight excluding hydrogens is 216 g/mol. The summed E-state index contributed by atoms with van der Waals surface area (Å²) in [5.74, 6) is 0. The molecule has 0 amide bonds. The maximum absolute atomic E-state index is 5.77. The van der Waals surface area contributed by atoms with E-state index in [1.165, 1.54) is 6.42 Å². The van der Waals surface area contributed by atoms with Crippen molar-refractivity contribution >= 4 is 21.6 Å². The molecule has 0 saturated carbocycles. The molecule has 0 aliphatic heterocycles. The molecule has 1 aromatic heterocycles. The Kier molecular flexibility index (Phi) is 3.53. The van der Waals surface area contributed by atoms with Gasteiger partial charge in [0.05, 0.1) is 11.4 Å². The van der Waals surface area contributed by atoms with Crippen molar-refractivity contribution in [3.05, 3.63) is 22.4 Å². The van der Waals surface area contributed by atoms with E-state index in [-0.39, 0.29) is 0 Å². The van der Waals surface area contributed by atoms with Crippen LogP contribution in [0.2, 0.25) is 0 Å². The third-order valence-electron chi connectivity index (χ3n) is 1.74. The number of aryl methyl sites for hydroxylation is 1. The molecule has 66 valence electrons. The molecule has 3 heteroatoms. The topological polar surface area (TPSA) is 38.9 Å². The highest BCUT2D eigenvalue weighted by atomic mass is 79.9. The summed E-state index contributed by atoms with van der Waals surface area (Å²) >= 11 is 3.32. The van der Waals surface area contributed by atoms with Crippen molar-refractivity contribution in [1.82, 2.24) is 4.98 Å². The van der Waals surface area contributed by atoms with E-state index in [0.29, 0.717) is 0 Å². The summed E-state index contributed by atoms with van der Waals surface area (Å²) in [6, 6.07) is 1.90. The van der Waals surface area contributed by atoms with E-state index in [0.717, 1.165) is 28.7 Å². The Morgan fingerprint density at radius 3 is 2.92 bits per heavy atom. The lowest BCUT2D eigenvalue weighted by molar-refractivity contribution is 0.778. The summed E-state index contributed by atoms with van der Waals surface area (Å²) < 4.78 is 0.945. The Labute approximate surface area is 81.3 Å². The van der Waals surface area contributed by atoms with Gasteiger partial charge in [0.1, 0.15) is 0 Å². The summed E-state index contributed by atoms with van der Waals surface area (Å²) in [5.41, 5.74) is 7.57. The van der Waals surface area contributed by atoms with Crippen LogP contribution in [0.5, 0.6) is 0 Å². The van der Waals surface area contributed by atoms with Crippen LogP contribution in [-0.4, -0.2) is 4.98 Å². The molecule has 0 saturated heterocycles. The number of aromatic nitrogens is 1. The van der Waals surface area contributed by atoms with Gasteiger partial charge in [0.15, 0.2) is 0 Å². The number of anilines is 1. The van der Waals surface area contributed by atoms with Crippen LogP contribution in [0.1, 0.15) is 25.5 Å². The van der Waals surface area contributed by atoms with Gasteiger partial charge in [-0.25, -0.2) is 0 Å². The molecule has 0 bridgehead atoms. The lowest BCUT2D eigenvalue weighted by atomic mass is 10.1. The van der Waals surface area contributed by atoms with Crippen molar-refractivity contribution in [2.75, 3.05) is 5.73 Å². The van der Waals surface area contributed by atoms with Crippen LogP contribution in [0.15, 0.2) is 16.7 Å². The van der Waals surface area contributed by atoms with Crippen molar-refractivity contribution in [1.29, 1.82) is 0 Å². The largest absolute Gasteiger partial charge is 0.397 e. The van der Waals surface area contributed by atoms with Crippen LogP contribution in [-0.2, 0) is 6.42 Å². The molecule has 1 heterocycles. The highest BCUT2D eigenvalue weighted by Gasteiger charge is 1.99. The highest BCUT2D eigenvalue weighted by molar-refractivity contribution is 9.10. The fourth-order valence-electron chi connectivity index (χ4n) is 1.04. The lowest BCUT2D eigenvalue weighted by Gasteiger charge is -2.03. The van der Waals surface area contributed by atoms with E-state index in [1.54, 1.807) is 6.20 Å². The minimum atomic E-state index is 0.790. The zero-order chi connectivity index (χ0) is 8.97. The van der Waals surface area contributed by atoms with E-state index in [9.17, 15) is 0 Å². The van der Waals surface area contributed by atoms with Crippen molar-refractivity contribution in [3.63, 3.8) is 0 Å². The molecule has 1 rings (SSSR count). The number of nitrogen functional groups attached to an aromatic ring is 1. The van der Waals surface area contributed by atoms with Gasteiger partial charge in [-0.05, 0) is 34.8 Å². The molecule has 12 heavy (non-hydrogen) atoms. The molecule has 0 aromatic carbocycles. The van der Waals surface area contributed by atoms with Crippen LogP contribution in [0.25, 0.3) is 0 Å². The number of hydrogen-bond acceptors (Lipinski definition) is 2. The standard InChI is InChI=1S/C9H13BrN2/c1-2-3-4-9-8(11)5-7(10)6-12-9/h5-6H,2-4,11H2,1H3. The Morgan fingerprint density at radius 1 is 1.58 bits per heavy atom. The zero-order valence-electron chi connectivity index (χ0n) is 7.18. The highest BCUT2D eigenvalue weighted by Crippen LogP contribution is 2.17. The molecule has 0 aliphatic carbocycles. The molecule has 0 atom stereocenters. The average Bonchev–Trinajstić information content (AvgIpc) is 2.03. The maximum Gasteiger partial charge on any atom is 0.0633 e.